The van der Waals surface area contributed by atoms with Gasteiger partial charge in [0.15, 0.2) is 0 Å². The fraction of sp³-hybridized carbons (Fsp3) is 0.778. The minimum absolute atomic E-state index is 0.170. The zero-order valence-corrected chi connectivity index (χ0v) is 8.91. The Labute approximate surface area is 84.1 Å². The quantitative estimate of drug-likeness (QED) is 0.632. The van der Waals surface area contributed by atoms with Crippen LogP contribution in [0.15, 0.2) is 0 Å². The van der Waals surface area contributed by atoms with Crippen molar-refractivity contribution < 1.29 is 14.7 Å². The number of likely N-dealkylation sites (N-methyl/N-ethyl adjacent to an activating group) is 1. The predicted molar refractivity (Wildman–Crippen MR) is 53.0 cm³/mol. The topological polar surface area (TPSA) is 69.6 Å². The van der Waals surface area contributed by atoms with Gasteiger partial charge in [-0.2, -0.15) is 0 Å². The van der Waals surface area contributed by atoms with Crippen LogP contribution < -0.4 is 5.32 Å². The standard InChI is InChI=1S/C9H18N2O3/c1-4-5-10-7(6-8(12)13)9(14)11(2)3/h7,10H,4-6H2,1-3H3,(H,12,13)/t7-/m0/s1. The monoisotopic (exact) mass is 202 g/mol. The maximum atomic E-state index is 11.5. The molecule has 0 radical (unpaired) electrons. The number of nitrogens with one attached hydrogen (secondary N) is 1. The van der Waals surface area contributed by atoms with Gasteiger partial charge in [0.1, 0.15) is 0 Å². The van der Waals surface area contributed by atoms with E-state index in [0.717, 1.165) is 6.42 Å². The third kappa shape index (κ3) is 4.81. The van der Waals surface area contributed by atoms with Crippen LogP contribution in [0, 0.1) is 0 Å². The molecule has 0 aromatic carbocycles. The van der Waals surface area contributed by atoms with Crippen LogP contribution in [0.25, 0.3) is 0 Å². The lowest BCUT2D eigenvalue weighted by atomic mass is 10.2. The summed E-state index contributed by atoms with van der Waals surface area (Å²) >= 11 is 0. The number of hydrogen-bond acceptors (Lipinski definition) is 3. The van der Waals surface area contributed by atoms with Crippen LogP contribution >= 0.6 is 0 Å². The molecular formula is C9H18N2O3. The van der Waals surface area contributed by atoms with Crippen LogP contribution in [0.1, 0.15) is 19.8 Å². The van der Waals surface area contributed by atoms with Gasteiger partial charge in [-0.05, 0) is 13.0 Å². The largest absolute Gasteiger partial charge is 0.481 e. The molecule has 0 spiro atoms. The van der Waals surface area contributed by atoms with Gasteiger partial charge < -0.3 is 15.3 Å². The minimum Gasteiger partial charge on any atom is -0.481 e. The van der Waals surface area contributed by atoms with E-state index in [1.807, 2.05) is 6.92 Å². The van der Waals surface area contributed by atoms with E-state index in [0.29, 0.717) is 6.54 Å². The highest BCUT2D eigenvalue weighted by molar-refractivity contribution is 5.85. The summed E-state index contributed by atoms with van der Waals surface area (Å²) in [5, 5.41) is 11.5. The van der Waals surface area contributed by atoms with Crippen molar-refractivity contribution in [3.63, 3.8) is 0 Å². The molecule has 0 aliphatic carbocycles. The summed E-state index contributed by atoms with van der Waals surface area (Å²) < 4.78 is 0. The van der Waals surface area contributed by atoms with Crippen LogP contribution in [0.3, 0.4) is 0 Å². The van der Waals surface area contributed by atoms with Gasteiger partial charge in [0.25, 0.3) is 0 Å². The zero-order chi connectivity index (χ0) is 11.1. The molecule has 1 atom stereocenters. The van der Waals surface area contributed by atoms with E-state index in [2.05, 4.69) is 5.32 Å². The Morgan fingerprint density at radius 3 is 2.36 bits per heavy atom. The van der Waals surface area contributed by atoms with E-state index < -0.39 is 12.0 Å². The second-order valence-corrected chi connectivity index (χ2v) is 3.34. The fourth-order valence-corrected chi connectivity index (χ4v) is 1.05. The maximum Gasteiger partial charge on any atom is 0.305 e. The van der Waals surface area contributed by atoms with E-state index in [4.69, 9.17) is 5.11 Å². The molecule has 0 bridgehead atoms. The number of rotatable bonds is 6. The Morgan fingerprint density at radius 1 is 1.43 bits per heavy atom. The van der Waals surface area contributed by atoms with Crippen molar-refractivity contribution in [2.75, 3.05) is 20.6 Å². The van der Waals surface area contributed by atoms with Crippen LogP contribution in [0.2, 0.25) is 0 Å². The average molecular weight is 202 g/mol. The smallest absolute Gasteiger partial charge is 0.305 e. The molecule has 0 aromatic heterocycles. The van der Waals surface area contributed by atoms with Crippen molar-refractivity contribution in [2.45, 2.75) is 25.8 Å². The molecule has 0 aliphatic rings. The van der Waals surface area contributed by atoms with Gasteiger partial charge in [-0.3, -0.25) is 9.59 Å². The molecule has 0 heterocycles. The molecule has 0 fully saturated rings. The van der Waals surface area contributed by atoms with E-state index in [9.17, 15) is 9.59 Å². The second-order valence-electron chi connectivity index (χ2n) is 3.34. The number of hydrogen-bond donors (Lipinski definition) is 2. The molecule has 0 aliphatic heterocycles. The van der Waals surface area contributed by atoms with E-state index in [-0.39, 0.29) is 12.3 Å². The van der Waals surface area contributed by atoms with Crippen LogP contribution in [-0.2, 0) is 9.59 Å². The van der Waals surface area contributed by atoms with Crippen molar-refractivity contribution in [3.8, 4) is 0 Å². The first-order chi connectivity index (χ1) is 6.49. The van der Waals surface area contributed by atoms with Crippen molar-refractivity contribution in [2.24, 2.45) is 0 Å². The van der Waals surface area contributed by atoms with E-state index >= 15 is 0 Å². The molecule has 2 N–H and O–H groups in total. The predicted octanol–water partition coefficient (Wildman–Crippen LogP) is -0.0825. The number of carbonyl (C=O) groups is 2. The summed E-state index contributed by atoms with van der Waals surface area (Å²) in [6.07, 6.45) is 0.702. The molecule has 0 saturated carbocycles. The van der Waals surface area contributed by atoms with Crippen molar-refractivity contribution >= 4 is 11.9 Å². The molecule has 0 saturated heterocycles. The number of carboxylic acid groups (broad SMARTS) is 1. The van der Waals surface area contributed by atoms with Gasteiger partial charge in [-0.25, -0.2) is 0 Å². The average Bonchev–Trinajstić information content (AvgIpc) is 2.10. The Kier molecular flexibility index (Phi) is 5.87. The fourth-order valence-electron chi connectivity index (χ4n) is 1.05. The van der Waals surface area contributed by atoms with Crippen LogP contribution in [0.5, 0.6) is 0 Å². The molecule has 14 heavy (non-hydrogen) atoms. The van der Waals surface area contributed by atoms with Gasteiger partial charge in [-0.1, -0.05) is 6.92 Å². The number of carbonyl (C=O) groups excluding carboxylic acids is 1. The minimum atomic E-state index is -0.964. The summed E-state index contributed by atoms with van der Waals surface area (Å²) in [5.74, 6) is -1.16. The highest BCUT2D eigenvalue weighted by Gasteiger charge is 2.21. The number of aliphatic carboxylic acids is 1. The third-order valence-corrected chi connectivity index (χ3v) is 1.76. The van der Waals surface area contributed by atoms with Gasteiger partial charge in [0.2, 0.25) is 5.91 Å². The first-order valence-corrected chi connectivity index (χ1v) is 4.65. The van der Waals surface area contributed by atoms with Crippen LogP contribution in [-0.4, -0.2) is 48.6 Å². The number of carboxylic acids is 1. The lowest BCUT2D eigenvalue weighted by molar-refractivity contribution is -0.141. The van der Waals surface area contributed by atoms with Gasteiger partial charge in [0, 0.05) is 14.1 Å². The zero-order valence-electron chi connectivity index (χ0n) is 8.91. The summed E-state index contributed by atoms with van der Waals surface area (Å²) in [7, 11) is 3.23. The molecule has 82 valence electrons. The van der Waals surface area contributed by atoms with E-state index in [1.165, 1.54) is 4.90 Å². The highest BCUT2D eigenvalue weighted by Crippen LogP contribution is 1.97. The lowest BCUT2D eigenvalue weighted by Crippen LogP contribution is -2.45. The summed E-state index contributed by atoms with van der Waals surface area (Å²) in [4.78, 5) is 23.4. The number of nitrogens with zero attached hydrogens (tertiary/aromatic N) is 1. The molecule has 5 nitrogen and oxygen atoms in total. The first kappa shape index (κ1) is 12.9. The van der Waals surface area contributed by atoms with Crippen molar-refractivity contribution in [1.29, 1.82) is 0 Å². The normalized spacial score (nSPS) is 12.2. The molecular weight excluding hydrogens is 184 g/mol. The third-order valence-electron chi connectivity index (χ3n) is 1.76. The van der Waals surface area contributed by atoms with Gasteiger partial charge >= 0.3 is 5.97 Å². The molecule has 0 aromatic rings. The Hall–Kier alpha value is -1.10. The van der Waals surface area contributed by atoms with E-state index in [1.54, 1.807) is 14.1 Å². The SMILES string of the molecule is CCCN[C@@H](CC(=O)O)C(=O)N(C)C. The van der Waals surface area contributed by atoms with Gasteiger partial charge in [0.05, 0.1) is 12.5 Å². The molecule has 0 rings (SSSR count). The number of amides is 1. The van der Waals surface area contributed by atoms with Crippen molar-refractivity contribution in [1.82, 2.24) is 10.2 Å². The Bertz CT molecular complexity index is 204. The van der Waals surface area contributed by atoms with Gasteiger partial charge in [-0.15, -0.1) is 0 Å². The Balaban J connectivity index is 4.22. The second kappa shape index (κ2) is 6.37. The molecule has 1 amide bonds. The van der Waals surface area contributed by atoms with Crippen molar-refractivity contribution in [3.05, 3.63) is 0 Å². The lowest BCUT2D eigenvalue weighted by Gasteiger charge is -2.19. The molecule has 5 heteroatoms. The maximum absolute atomic E-state index is 11.5. The van der Waals surface area contributed by atoms with Crippen LogP contribution in [0.4, 0.5) is 0 Å². The summed E-state index contributed by atoms with van der Waals surface area (Å²) in [5.41, 5.74) is 0. The summed E-state index contributed by atoms with van der Waals surface area (Å²) in [6.45, 7) is 2.61. The first-order valence-electron chi connectivity index (χ1n) is 4.65. The highest BCUT2D eigenvalue weighted by atomic mass is 16.4. The molecule has 0 unspecified atom stereocenters. The Morgan fingerprint density at radius 2 is 2.00 bits per heavy atom. The summed E-state index contributed by atoms with van der Waals surface area (Å²) in [6, 6.07) is -0.609.